The number of anilines is 1. The van der Waals surface area contributed by atoms with Gasteiger partial charge in [0.15, 0.2) is 0 Å². The zero-order valence-electron chi connectivity index (χ0n) is 18.8. The van der Waals surface area contributed by atoms with Crippen LogP contribution in [0.25, 0.3) is 0 Å². The van der Waals surface area contributed by atoms with Gasteiger partial charge in [0.2, 0.25) is 11.8 Å². The molecule has 3 amide bonds. The monoisotopic (exact) mass is 427 g/mol. The lowest BCUT2D eigenvalue weighted by Crippen LogP contribution is -2.54. The van der Waals surface area contributed by atoms with Crippen molar-refractivity contribution in [2.24, 2.45) is 0 Å². The third-order valence-electron chi connectivity index (χ3n) is 6.50. The lowest BCUT2D eigenvalue weighted by molar-refractivity contribution is -0.134. The molecule has 3 heterocycles. The lowest BCUT2D eigenvalue weighted by Gasteiger charge is -2.40. The summed E-state index contributed by atoms with van der Waals surface area (Å²) in [6, 6.07) is 6.12. The van der Waals surface area contributed by atoms with Crippen LogP contribution in [-0.4, -0.2) is 54.1 Å². The van der Waals surface area contributed by atoms with Crippen molar-refractivity contribution in [3.63, 3.8) is 0 Å². The Kier molecular flexibility index (Phi) is 5.95. The van der Waals surface area contributed by atoms with Gasteiger partial charge in [-0.2, -0.15) is 0 Å². The normalized spacial score (nSPS) is 22.7. The number of benzene rings is 1. The summed E-state index contributed by atoms with van der Waals surface area (Å²) in [5, 5.41) is 2.50. The fraction of sp³-hybridized carbons (Fsp3) is 0.625. The van der Waals surface area contributed by atoms with Gasteiger partial charge < -0.3 is 14.5 Å². The zero-order chi connectivity index (χ0) is 22.2. The van der Waals surface area contributed by atoms with Gasteiger partial charge in [-0.15, -0.1) is 0 Å². The highest BCUT2D eigenvalue weighted by Gasteiger charge is 2.35. The highest BCUT2D eigenvalue weighted by Crippen LogP contribution is 2.39. The fourth-order valence-electron chi connectivity index (χ4n) is 5.07. The maximum atomic E-state index is 12.5. The van der Waals surface area contributed by atoms with Gasteiger partial charge in [0.25, 0.3) is 0 Å². The molecule has 1 N–H and O–H groups in total. The number of rotatable bonds is 2. The Morgan fingerprint density at radius 1 is 1.06 bits per heavy atom. The smallest absolute Gasteiger partial charge is 0.410 e. The van der Waals surface area contributed by atoms with Gasteiger partial charge in [-0.25, -0.2) is 4.79 Å². The molecule has 4 rings (SSSR count). The van der Waals surface area contributed by atoms with Crippen molar-refractivity contribution in [2.75, 3.05) is 24.5 Å². The molecule has 7 heteroatoms. The molecule has 31 heavy (non-hydrogen) atoms. The molecule has 0 unspecified atom stereocenters. The predicted molar refractivity (Wildman–Crippen MR) is 118 cm³/mol. The van der Waals surface area contributed by atoms with Gasteiger partial charge in [-0.05, 0) is 76.0 Å². The summed E-state index contributed by atoms with van der Waals surface area (Å²) in [4.78, 5) is 40.5. The number of nitrogens with zero attached hydrogens (tertiary/aromatic N) is 2. The lowest BCUT2D eigenvalue weighted by atomic mass is 9.83. The van der Waals surface area contributed by atoms with Crippen molar-refractivity contribution in [3.8, 4) is 0 Å². The topological polar surface area (TPSA) is 79.0 Å². The summed E-state index contributed by atoms with van der Waals surface area (Å²) in [6.07, 6.45) is 4.56. The third kappa shape index (κ3) is 4.70. The van der Waals surface area contributed by atoms with Crippen molar-refractivity contribution in [1.82, 2.24) is 10.2 Å². The molecule has 7 nitrogen and oxygen atoms in total. The molecule has 1 aromatic carbocycles. The van der Waals surface area contributed by atoms with E-state index in [1.807, 2.05) is 25.7 Å². The molecule has 1 atom stereocenters. The van der Waals surface area contributed by atoms with Crippen LogP contribution in [0.3, 0.4) is 0 Å². The Labute approximate surface area is 184 Å². The first-order valence-electron chi connectivity index (χ1n) is 11.4. The molecular formula is C24H33N3O4. The van der Waals surface area contributed by atoms with Crippen LogP contribution in [0.2, 0.25) is 0 Å². The van der Waals surface area contributed by atoms with Gasteiger partial charge in [0, 0.05) is 31.7 Å². The average Bonchev–Trinajstić information content (AvgIpc) is 2.72. The van der Waals surface area contributed by atoms with Crippen LogP contribution in [0.15, 0.2) is 18.2 Å². The number of ether oxygens (including phenoxy) is 1. The van der Waals surface area contributed by atoms with E-state index in [1.54, 1.807) is 0 Å². The Balaban J connectivity index is 1.49. The van der Waals surface area contributed by atoms with E-state index in [1.165, 1.54) is 11.1 Å². The second-order valence-corrected chi connectivity index (χ2v) is 9.85. The molecule has 3 aliphatic rings. The summed E-state index contributed by atoms with van der Waals surface area (Å²) in [6.45, 7) is 7.90. The van der Waals surface area contributed by atoms with Crippen molar-refractivity contribution < 1.29 is 19.1 Å². The first kappa shape index (κ1) is 21.7. The number of likely N-dealkylation sites (tertiary alicyclic amines) is 1. The molecule has 3 aliphatic heterocycles. The molecular weight excluding hydrogens is 394 g/mol. The zero-order valence-corrected chi connectivity index (χ0v) is 18.8. The summed E-state index contributed by atoms with van der Waals surface area (Å²) in [7, 11) is 0. The maximum Gasteiger partial charge on any atom is 0.410 e. The van der Waals surface area contributed by atoms with Crippen molar-refractivity contribution in [3.05, 3.63) is 29.3 Å². The van der Waals surface area contributed by atoms with Crippen LogP contribution in [-0.2, 0) is 20.7 Å². The molecule has 0 saturated carbocycles. The van der Waals surface area contributed by atoms with E-state index in [4.69, 9.17) is 4.74 Å². The summed E-state index contributed by atoms with van der Waals surface area (Å²) in [5.41, 5.74) is 3.33. The SMILES string of the molecule is CC(C)(C)OC(=O)N1CCC(c2cccc3c2CCCN3[C@H]2CCC(=O)NC2=O)CC1. The van der Waals surface area contributed by atoms with Crippen LogP contribution in [0.1, 0.15) is 69.9 Å². The molecule has 1 aromatic rings. The maximum absolute atomic E-state index is 12.5. The molecule has 0 spiro atoms. The van der Waals surface area contributed by atoms with E-state index in [2.05, 4.69) is 28.4 Å². The van der Waals surface area contributed by atoms with Gasteiger partial charge >= 0.3 is 6.09 Å². The van der Waals surface area contributed by atoms with Gasteiger partial charge in [-0.1, -0.05) is 12.1 Å². The van der Waals surface area contributed by atoms with Crippen molar-refractivity contribution in [1.29, 1.82) is 0 Å². The number of piperidine rings is 2. The number of imide groups is 1. The molecule has 2 fully saturated rings. The van der Waals surface area contributed by atoms with Crippen LogP contribution < -0.4 is 10.2 Å². The predicted octanol–water partition coefficient (Wildman–Crippen LogP) is 3.36. The average molecular weight is 428 g/mol. The minimum absolute atomic E-state index is 0.177. The summed E-state index contributed by atoms with van der Waals surface area (Å²) >= 11 is 0. The number of amides is 3. The molecule has 0 aromatic heterocycles. The molecule has 0 bridgehead atoms. The van der Waals surface area contributed by atoms with E-state index in [0.717, 1.165) is 37.9 Å². The summed E-state index contributed by atoms with van der Waals surface area (Å²) in [5.74, 6) is 0.0412. The largest absolute Gasteiger partial charge is 0.444 e. The molecule has 0 aliphatic carbocycles. The second-order valence-electron chi connectivity index (χ2n) is 9.85. The quantitative estimate of drug-likeness (QED) is 0.732. The minimum Gasteiger partial charge on any atom is -0.444 e. The van der Waals surface area contributed by atoms with Crippen LogP contribution >= 0.6 is 0 Å². The summed E-state index contributed by atoms with van der Waals surface area (Å²) < 4.78 is 5.53. The molecule has 168 valence electrons. The van der Waals surface area contributed by atoms with E-state index in [-0.39, 0.29) is 23.9 Å². The van der Waals surface area contributed by atoms with Crippen LogP contribution in [0.5, 0.6) is 0 Å². The van der Waals surface area contributed by atoms with Crippen LogP contribution in [0.4, 0.5) is 10.5 Å². The van der Waals surface area contributed by atoms with E-state index < -0.39 is 5.60 Å². The van der Waals surface area contributed by atoms with Gasteiger partial charge in [0.1, 0.15) is 11.6 Å². The number of hydrogen-bond donors (Lipinski definition) is 1. The van der Waals surface area contributed by atoms with Crippen LogP contribution in [0, 0.1) is 0 Å². The minimum atomic E-state index is -0.480. The number of carbonyl (C=O) groups is 3. The Bertz CT molecular complexity index is 868. The van der Waals surface area contributed by atoms with E-state index in [9.17, 15) is 14.4 Å². The first-order valence-corrected chi connectivity index (χ1v) is 11.4. The Morgan fingerprint density at radius 2 is 1.81 bits per heavy atom. The van der Waals surface area contributed by atoms with Gasteiger partial charge in [-0.3, -0.25) is 14.9 Å². The first-order chi connectivity index (χ1) is 14.7. The Morgan fingerprint density at radius 3 is 2.48 bits per heavy atom. The Hall–Kier alpha value is -2.57. The number of carbonyl (C=O) groups excluding carboxylic acids is 3. The molecule has 0 radical (unpaired) electrons. The van der Waals surface area contributed by atoms with Crippen molar-refractivity contribution in [2.45, 2.75) is 76.9 Å². The highest BCUT2D eigenvalue weighted by atomic mass is 16.6. The fourth-order valence-corrected chi connectivity index (χ4v) is 5.07. The van der Waals surface area contributed by atoms with E-state index >= 15 is 0 Å². The number of hydrogen-bond acceptors (Lipinski definition) is 5. The van der Waals surface area contributed by atoms with E-state index in [0.29, 0.717) is 31.8 Å². The number of nitrogens with one attached hydrogen (secondary N) is 1. The standard InChI is InChI=1S/C24H33N3O4/c1-24(2,3)31-23(30)26-14-11-16(12-15-26)17-6-4-8-19-18(17)7-5-13-27(19)20-9-10-21(28)25-22(20)29/h4,6,8,16,20H,5,7,9-15H2,1-3H3,(H,25,28,29)/t20-/m0/s1. The molecule has 2 saturated heterocycles. The number of fused-ring (bicyclic) bond motifs is 1. The van der Waals surface area contributed by atoms with Crippen molar-refractivity contribution >= 4 is 23.6 Å². The van der Waals surface area contributed by atoms with Gasteiger partial charge in [0.05, 0.1) is 0 Å². The third-order valence-corrected chi connectivity index (χ3v) is 6.50. The second kappa shape index (κ2) is 8.52. The highest BCUT2D eigenvalue weighted by molar-refractivity contribution is 6.01.